The van der Waals surface area contributed by atoms with Gasteiger partial charge in [0.15, 0.2) is 16.3 Å². The Kier molecular flexibility index (Phi) is 5.52. The van der Waals surface area contributed by atoms with E-state index in [2.05, 4.69) is 20.9 Å². The lowest BCUT2D eigenvalue weighted by Crippen LogP contribution is -2.39. The molecule has 7 nitrogen and oxygen atoms in total. The monoisotopic (exact) mass is 532 g/mol. The molecule has 0 saturated heterocycles. The molecule has 0 N–H and O–H groups in total. The second-order valence-electron chi connectivity index (χ2n) is 7.06. The quantitative estimate of drug-likeness (QED) is 0.481. The first-order valence-electron chi connectivity index (χ1n) is 9.81. The Labute approximate surface area is 199 Å². The van der Waals surface area contributed by atoms with Crippen LogP contribution in [0.4, 0.5) is 0 Å². The number of esters is 1. The molecule has 5 rings (SSSR count). The summed E-state index contributed by atoms with van der Waals surface area (Å²) in [5.74, 6) is 0.710. The van der Waals surface area contributed by atoms with Gasteiger partial charge in [-0.15, -0.1) is 11.3 Å². The molecule has 0 radical (unpaired) electrons. The Morgan fingerprint density at radius 2 is 2.09 bits per heavy atom. The first kappa shape index (κ1) is 21.2. The lowest BCUT2D eigenvalue weighted by molar-refractivity contribution is -0.139. The van der Waals surface area contributed by atoms with Gasteiger partial charge in [-0.2, -0.15) is 0 Å². The number of thiazole rings is 1. The van der Waals surface area contributed by atoms with Crippen molar-refractivity contribution in [3.05, 3.63) is 75.5 Å². The summed E-state index contributed by atoms with van der Waals surface area (Å²) in [6.45, 7) is 3.87. The largest absolute Gasteiger partial charge is 0.463 e. The zero-order valence-corrected chi connectivity index (χ0v) is 20.3. The number of fused-ring (bicyclic) bond motifs is 2. The number of aromatic nitrogens is 1. The number of rotatable bonds is 4. The number of nitrogens with zero attached hydrogens (tertiary/aromatic N) is 2. The minimum absolute atomic E-state index is 0.136. The summed E-state index contributed by atoms with van der Waals surface area (Å²) in [4.78, 5) is 32.5. The molecule has 32 heavy (non-hydrogen) atoms. The molecule has 1 aromatic carbocycles. The van der Waals surface area contributed by atoms with E-state index in [-0.39, 0.29) is 19.0 Å². The lowest BCUT2D eigenvalue weighted by atomic mass is 9.95. The van der Waals surface area contributed by atoms with Gasteiger partial charge in [0.2, 0.25) is 6.79 Å². The van der Waals surface area contributed by atoms with Crippen molar-refractivity contribution in [2.45, 2.75) is 19.9 Å². The van der Waals surface area contributed by atoms with Crippen molar-refractivity contribution < 1.29 is 19.0 Å². The maximum Gasteiger partial charge on any atom is 0.338 e. The molecule has 4 heterocycles. The normalized spacial score (nSPS) is 17.3. The zero-order chi connectivity index (χ0) is 22.4. The van der Waals surface area contributed by atoms with Gasteiger partial charge in [0.1, 0.15) is 0 Å². The van der Waals surface area contributed by atoms with Crippen LogP contribution >= 0.6 is 38.6 Å². The highest BCUT2D eigenvalue weighted by atomic mass is 79.9. The van der Waals surface area contributed by atoms with Crippen molar-refractivity contribution in [1.82, 2.24) is 4.57 Å². The Morgan fingerprint density at radius 3 is 2.84 bits per heavy atom. The molecule has 0 amide bonds. The fraction of sp³-hybridized carbons (Fsp3) is 0.227. The molecule has 0 unspecified atom stereocenters. The third kappa shape index (κ3) is 3.62. The molecule has 0 bridgehead atoms. The summed E-state index contributed by atoms with van der Waals surface area (Å²) in [6, 6.07) is 8.62. The first-order valence-corrected chi connectivity index (χ1v) is 12.2. The highest BCUT2D eigenvalue weighted by Gasteiger charge is 2.34. The predicted molar refractivity (Wildman–Crippen MR) is 125 cm³/mol. The van der Waals surface area contributed by atoms with E-state index < -0.39 is 12.0 Å². The summed E-state index contributed by atoms with van der Waals surface area (Å²) in [5, 5.41) is 0. The van der Waals surface area contributed by atoms with Crippen LogP contribution in [0.5, 0.6) is 11.5 Å². The Balaban J connectivity index is 1.73. The lowest BCUT2D eigenvalue weighted by Gasteiger charge is -2.24. The highest BCUT2D eigenvalue weighted by Crippen LogP contribution is 2.38. The Morgan fingerprint density at radius 1 is 1.28 bits per heavy atom. The van der Waals surface area contributed by atoms with Crippen LogP contribution in [0.25, 0.3) is 6.08 Å². The average molecular weight is 533 g/mol. The minimum atomic E-state index is -0.683. The average Bonchev–Trinajstić information content (AvgIpc) is 3.46. The first-order chi connectivity index (χ1) is 15.5. The standard InChI is InChI=1S/C22H17BrN2O5S2/c1-3-28-21(27)18-11(2)24-22-25(19(18)12-4-6-14-15(8-12)30-10-29-14)20(26)16(32-22)9-13-5-7-17(23)31-13/h4-9,19H,3,10H2,1-2H3/b16-9+/t19-/m0/s1. The predicted octanol–water partition coefficient (Wildman–Crippen LogP) is 3.35. The number of halogens is 1. The molecule has 0 aliphatic carbocycles. The van der Waals surface area contributed by atoms with Gasteiger partial charge in [-0.1, -0.05) is 17.4 Å². The summed E-state index contributed by atoms with van der Waals surface area (Å²) < 4.78 is 19.4. The van der Waals surface area contributed by atoms with Crippen molar-refractivity contribution in [1.29, 1.82) is 0 Å². The number of carbonyl (C=O) groups excluding carboxylic acids is 1. The van der Waals surface area contributed by atoms with Crippen LogP contribution in [0.1, 0.15) is 30.3 Å². The zero-order valence-electron chi connectivity index (χ0n) is 17.1. The van der Waals surface area contributed by atoms with E-state index >= 15 is 0 Å². The summed E-state index contributed by atoms with van der Waals surface area (Å²) >= 11 is 6.28. The van der Waals surface area contributed by atoms with E-state index in [1.54, 1.807) is 30.5 Å². The van der Waals surface area contributed by atoms with Crippen molar-refractivity contribution in [3.63, 3.8) is 0 Å². The van der Waals surface area contributed by atoms with Crippen molar-refractivity contribution >= 4 is 50.6 Å². The number of hydrogen-bond acceptors (Lipinski definition) is 8. The van der Waals surface area contributed by atoms with Crippen LogP contribution in [0.2, 0.25) is 0 Å². The van der Waals surface area contributed by atoms with Crippen LogP contribution in [0, 0.1) is 0 Å². The van der Waals surface area contributed by atoms with Crippen molar-refractivity contribution in [2.24, 2.45) is 4.99 Å². The number of hydrogen-bond donors (Lipinski definition) is 0. The van der Waals surface area contributed by atoms with Gasteiger partial charge in [-0.3, -0.25) is 9.36 Å². The third-order valence-corrected chi connectivity index (χ3v) is 7.65. The van der Waals surface area contributed by atoms with Crippen LogP contribution in [0.3, 0.4) is 0 Å². The molecule has 3 aromatic rings. The molecular formula is C22H17BrN2O5S2. The molecule has 2 aliphatic rings. The van der Waals surface area contributed by atoms with Gasteiger partial charge < -0.3 is 14.2 Å². The number of carbonyl (C=O) groups is 1. The van der Waals surface area contributed by atoms with Gasteiger partial charge in [0.25, 0.3) is 5.56 Å². The topological polar surface area (TPSA) is 79.1 Å². The fourth-order valence-corrected chi connectivity index (χ4v) is 6.20. The van der Waals surface area contributed by atoms with Gasteiger partial charge >= 0.3 is 5.97 Å². The third-order valence-electron chi connectivity index (χ3n) is 5.10. The van der Waals surface area contributed by atoms with E-state index in [9.17, 15) is 9.59 Å². The number of thiophene rings is 1. The maximum absolute atomic E-state index is 13.5. The molecule has 1 atom stereocenters. The van der Waals surface area contributed by atoms with Crippen LogP contribution < -0.4 is 24.4 Å². The number of allylic oxidation sites excluding steroid dienone is 1. The second-order valence-corrected chi connectivity index (χ2v) is 10.6. The number of benzene rings is 1. The SMILES string of the molecule is CCOC(=O)C1=C(C)N=c2s/c(=C/c3ccc(Br)s3)c(=O)n2[C@H]1c1ccc2c(c1)OCO2. The Hall–Kier alpha value is -2.69. The van der Waals surface area contributed by atoms with E-state index in [1.165, 1.54) is 22.7 Å². The molecule has 0 saturated carbocycles. The molecule has 2 aromatic heterocycles. The molecule has 164 valence electrons. The van der Waals surface area contributed by atoms with E-state index in [1.807, 2.05) is 24.3 Å². The summed E-state index contributed by atoms with van der Waals surface area (Å²) in [6.07, 6.45) is 1.85. The summed E-state index contributed by atoms with van der Waals surface area (Å²) in [5.41, 5.74) is 1.37. The minimum Gasteiger partial charge on any atom is -0.463 e. The molecule has 2 aliphatic heterocycles. The Bertz CT molecular complexity index is 1450. The molecule has 10 heteroatoms. The highest BCUT2D eigenvalue weighted by molar-refractivity contribution is 9.11. The van der Waals surface area contributed by atoms with Crippen molar-refractivity contribution in [2.75, 3.05) is 13.4 Å². The molecule has 0 spiro atoms. The second kappa shape index (κ2) is 8.34. The molecule has 0 fully saturated rings. The van der Waals surface area contributed by atoms with Crippen LogP contribution in [0.15, 0.2) is 55.2 Å². The van der Waals surface area contributed by atoms with Gasteiger partial charge in [0, 0.05) is 4.88 Å². The fourth-order valence-electron chi connectivity index (χ4n) is 3.73. The van der Waals surface area contributed by atoms with Gasteiger partial charge in [-0.05, 0) is 65.7 Å². The van der Waals surface area contributed by atoms with E-state index in [0.29, 0.717) is 32.1 Å². The van der Waals surface area contributed by atoms with Gasteiger partial charge in [-0.25, -0.2) is 9.79 Å². The van der Waals surface area contributed by atoms with Crippen molar-refractivity contribution in [3.8, 4) is 11.5 Å². The number of ether oxygens (including phenoxy) is 3. The van der Waals surface area contributed by atoms with E-state index in [0.717, 1.165) is 14.2 Å². The van der Waals surface area contributed by atoms with E-state index in [4.69, 9.17) is 14.2 Å². The maximum atomic E-state index is 13.5. The van der Waals surface area contributed by atoms with Crippen LogP contribution in [-0.4, -0.2) is 23.9 Å². The molecular weight excluding hydrogens is 516 g/mol. The van der Waals surface area contributed by atoms with Gasteiger partial charge in [0.05, 0.1) is 32.2 Å². The summed E-state index contributed by atoms with van der Waals surface area (Å²) in [7, 11) is 0. The van der Waals surface area contributed by atoms with Crippen LogP contribution in [-0.2, 0) is 9.53 Å². The smallest absolute Gasteiger partial charge is 0.338 e.